The van der Waals surface area contributed by atoms with Crippen LogP contribution in [-0.2, 0) is 0 Å². The van der Waals surface area contributed by atoms with Gasteiger partial charge in [-0.05, 0) is 56.4 Å². The standard InChI is InChI=1S/C16H29N3O/c1-18(2)16(20)19-7-5-15(6-8-19)17-11-14-10-12-3-4-13(14)9-12/h12-15,17H,3-11H2,1-2H3. The summed E-state index contributed by atoms with van der Waals surface area (Å²) in [5.74, 6) is 3.00. The number of carbonyl (C=O) groups excluding carboxylic acids is 1. The Balaban J connectivity index is 1.38. The van der Waals surface area contributed by atoms with E-state index in [9.17, 15) is 4.79 Å². The van der Waals surface area contributed by atoms with Crippen LogP contribution in [0.1, 0.15) is 38.5 Å². The fraction of sp³-hybridized carbons (Fsp3) is 0.938. The predicted molar refractivity (Wildman–Crippen MR) is 80.6 cm³/mol. The maximum Gasteiger partial charge on any atom is 0.319 e. The molecule has 3 unspecified atom stereocenters. The van der Waals surface area contributed by atoms with E-state index in [0.717, 1.165) is 43.7 Å². The lowest BCUT2D eigenvalue weighted by atomic mass is 9.88. The van der Waals surface area contributed by atoms with Crippen molar-refractivity contribution in [2.24, 2.45) is 17.8 Å². The Morgan fingerprint density at radius 1 is 1.15 bits per heavy atom. The molecule has 0 aromatic carbocycles. The molecule has 3 rings (SSSR count). The van der Waals surface area contributed by atoms with Gasteiger partial charge in [-0.15, -0.1) is 0 Å². The molecule has 2 bridgehead atoms. The molecule has 0 radical (unpaired) electrons. The van der Waals surface area contributed by atoms with Crippen molar-refractivity contribution in [3.05, 3.63) is 0 Å². The van der Waals surface area contributed by atoms with Gasteiger partial charge in [-0.1, -0.05) is 6.42 Å². The Labute approximate surface area is 122 Å². The Bertz CT molecular complexity index is 350. The molecule has 3 atom stereocenters. The fourth-order valence-corrected chi connectivity index (χ4v) is 4.50. The normalized spacial score (nSPS) is 33.7. The molecular weight excluding hydrogens is 250 g/mol. The number of hydrogen-bond donors (Lipinski definition) is 1. The Kier molecular flexibility index (Phi) is 4.20. The van der Waals surface area contributed by atoms with E-state index in [0.29, 0.717) is 6.04 Å². The van der Waals surface area contributed by atoms with Crippen LogP contribution in [0.15, 0.2) is 0 Å². The SMILES string of the molecule is CN(C)C(=O)N1CCC(NCC2CC3CCC2C3)CC1. The van der Waals surface area contributed by atoms with Crippen LogP contribution in [-0.4, -0.2) is 55.6 Å². The van der Waals surface area contributed by atoms with E-state index in [-0.39, 0.29) is 6.03 Å². The second kappa shape index (κ2) is 5.92. The van der Waals surface area contributed by atoms with E-state index in [1.807, 2.05) is 19.0 Å². The van der Waals surface area contributed by atoms with Gasteiger partial charge in [0.15, 0.2) is 0 Å². The first-order valence-electron chi connectivity index (χ1n) is 8.33. The van der Waals surface area contributed by atoms with Crippen LogP contribution in [0.2, 0.25) is 0 Å². The highest BCUT2D eigenvalue weighted by atomic mass is 16.2. The lowest BCUT2D eigenvalue weighted by Gasteiger charge is -2.35. The molecule has 4 heteroatoms. The van der Waals surface area contributed by atoms with Crippen LogP contribution < -0.4 is 5.32 Å². The zero-order chi connectivity index (χ0) is 14.1. The molecule has 2 saturated carbocycles. The summed E-state index contributed by atoms with van der Waals surface area (Å²) in [4.78, 5) is 15.6. The highest BCUT2D eigenvalue weighted by Gasteiger charge is 2.39. The Morgan fingerprint density at radius 2 is 1.90 bits per heavy atom. The predicted octanol–water partition coefficient (Wildman–Crippen LogP) is 2.16. The number of rotatable bonds is 3. The lowest BCUT2D eigenvalue weighted by Crippen LogP contribution is -2.48. The summed E-state index contributed by atoms with van der Waals surface area (Å²) in [5.41, 5.74) is 0. The molecule has 1 saturated heterocycles. The molecule has 1 N–H and O–H groups in total. The first kappa shape index (κ1) is 14.2. The molecule has 3 aliphatic rings. The maximum absolute atomic E-state index is 11.9. The zero-order valence-corrected chi connectivity index (χ0v) is 13.0. The third-order valence-electron chi connectivity index (χ3n) is 5.70. The van der Waals surface area contributed by atoms with Crippen molar-refractivity contribution in [3.8, 4) is 0 Å². The van der Waals surface area contributed by atoms with E-state index in [2.05, 4.69) is 5.32 Å². The second-order valence-corrected chi connectivity index (χ2v) is 7.28. The lowest BCUT2D eigenvalue weighted by molar-refractivity contribution is 0.150. The Hall–Kier alpha value is -0.770. The highest BCUT2D eigenvalue weighted by Crippen LogP contribution is 2.47. The zero-order valence-electron chi connectivity index (χ0n) is 13.0. The number of piperidine rings is 1. The van der Waals surface area contributed by atoms with Crippen LogP contribution in [0.25, 0.3) is 0 Å². The molecule has 0 aromatic rings. The van der Waals surface area contributed by atoms with E-state index < -0.39 is 0 Å². The summed E-state index contributed by atoms with van der Waals surface area (Å²) in [6.07, 6.45) is 8.16. The van der Waals surface area contributed by atoms with Crippen molar-refractivity contribution >= 4 is 6.03 Å². The van der Waals surface area contributed by atoms with Gasteiger partial charge in [0.2, 0.25) is 0 Å². The van der Waals surface area contributed by atoms with Gasteiger partial charge in [0.1, 0.15) is 0 Å². The largest absolute Gasteiger partial charge is 0.331 e. The number of urea groups is 1. The van der Waals surface area contributed by atoms with Crippen LogP contribution in [0.5, 0.6) is 0 Å². The number of hydrogen-bond acceptors (Lipinski definition) is 2. The second-order valence-electron chi connectivity index (χ2n) is 7.28. The Morgan fingerprint density at radius 3 is 2.45 bits per heavy atom. The molecular formula is C16H29N3O. The minimum atomic E-state index is 0.163. The van der Waals surface area contributed by atoms with E-state index in [1.165, 1.54) is 32.2 Å². The van der Waals surface area contributed by atoms with Crippen molar-refractivity contribution in [1.29, 1.82) is 0 Å². The summed E-state index contributed by atoms with van der Waals surface area (Å²) in [5, 5.41) is 3.79. The summed E-state index contributed by atoms with van der Waals surface area (Å²) in [6.45, 7) is 3.03. The van der Waals surface area contributed by atoms with Gasteiger partial charge in [-0.3, -0.25) is 0 Å². The summed E-state index contributed by atoms with van der Waals surface area (Å²) >= 11 is 0. The van der Waals surface area contributed by atoms with Crippen molar-refractivity contribution in [1.82, 2.24) is 15.1 Å². The van der Waals surface area contributed by atoms with Crippen molar-refractivity contribution in [3.63, 3.8) is 0 Å². The average Bonchev–Trinajstić information content (AvgIpc) is 3.07. The van der Waals surface area contributed by atoms with Crippen LogP contribution >= 0.6 is 0 Å². The molecule has 1 aliphatic heterocycles. The van der Waals surface area contributed by atoms with Gasteiger partial charge < -0.3 is 15.1 Å². The average molecular weight is 279 g/mol. The highest BCUT2D eigenvalue weighted by molar-refractivity contribution is 5.73. The summed E-state index contributed by atoms with van der Waals surface area (Å²) in [7, 11) is 3.67. The van der Waals surface area contributed by atoms with Gasteiger partial charge in [-0.25, -0.2) is 4.79 Å². The number of amides is 2. The van der Waals surface area contributed by atoms with Gasteiger partial charge in [0.05, 0.1) is 0 Å². The fourth-order valence-electron chi connectivity index (χ4n) is 4.50. The van der Waals surface area contributed by atoms with Crippen LogP contribution in [0, 0.1) is 17.8 Å². The van der Waals surface area contributed by atoms with Crippen LogP contribution in [0.3, 0.4) is 0 Å². The molecule has 2 aliphatic carbocycles. The van der Waals surface area contributed by atoms with E-state index >= 15 is 0 Å². The van der Waals surface area contributed by atoms with Gasteiger partial charge in [0.25, 0.3) is 0 Å². The van der Waals surface area contributed by atoms with Crippen molar-refractivity contribution in [2.45, 2.75) is 44.6 Å². The third-order valence-corrected chi connectivity index (χ3v) is 5.70. The number of fused-ring (bicyclic) bond motifs is 2. The van der Waals surface area contributed by atoms with Gasteiger partial charge in [0, 0.05) is 33.2 Å². The number of likely N-dealkylation sites (tertiary alicyclic amines) is 1. The molecule has 0 aromatic heterocycles. The molecule has 1 heterocycles. The molecule has 2 amide bonds. The summed E-state index contributed by atoms with van der Waals surface area (Å²) in [6, 6.07) is 0.789. The van der Waals surface area contributed by atoms with Gasteiger partial charge in [-0.2, -0.15) is 0 Å². The van der Waals surface area contributed by atoms with Crippen LogP contribution in [0.4, 0.5) is 4.79 Å². The topological polar surface area (TPSA) is 35.6 Å². The third kappa shape index (κ3) is 2.95. The molecule has 4 nitrogen and oxygen atoms in total. The smallest absolute Gasteiger partial charge is 0.319 e. The molecule has 0 spiro atoms. The summed E-state index contributed by atoms with van der Waals surface area (Å²) < 4.78 is 0. The van der Waals surface area contributed by atoms with Gasteiger partial charge >= 0.3 is 6.03 Å². The molecule has 3 fully saturated rings. The van der Waals surface area contributed by atoms with E-state index in [4.69, 9.17) is 0 Å². The van der Waals surface area contributed by atoms with E-state index in [1.54, 1.807) is 4.90 Å². The quantitative estimate of drug-likeness (QED) is 0.859. The van der Waals surface area contributed by atoms with Crippen molar-refractivity contribution in [2.75, 3.05) is 33.7 Å². The minimum absolute atomic E-state index is 0.163. The first-order chi connectivity index (χ1) is 9.63. The first-order valence-corrected chi connectivity index (χ1v) is 8.33. The molecule has 20 heavy (non-hydrogen) atoms. The number of nitrogens with one attached hydrogen (secondary N) is 1. The monoisotopic (exact) mass is 279 g/mol. The number of nitrogens with zero attached hydrogens (tertiary/aromatic N) is 2. The molecule has 114 valence electrons. The minimum Gasteiger partial charge on any atom is -0.331 e. The van der Waals surface area contributed by atoms with Crippen molar-refractivity contribution < 1.29 is 4.79 Å². The maximum atomic E-state index is 11.9. The number of carbonyl (C=O) groups is 1.